The van der Waals surface area contributed by atoms with Crippen molar-refractivity contribution in [2.75, 3.05) is 11.1 Å². The monoisotopic (exact) mass is 406 g/mol. The van der Waals surface area contributed by atoms with Crippen molar-refractivity contribution in [3.8, 4) is 0 Å². The largest absolute Gasteiger partial charge is 0.325 e. The van der Waals surface area contributed by atoms with E-state index in [9.17, 15) is 14.0 Å². The molecule has 6 nitrogen and oxygen atoms in total. The molecule has 2 aromatic heterocycles. The fourth-order valence-corrected chi connectivity index (χ4v) is 4.05. The van der Waals surface area contributed by atoms with Gasteiger partial charge in [0.05, 0.1) is 11.4 Å². The van der Waals surface area contributed by atoms with E-state index in [4.69, 9.17) is 0 Å². The molecule has 0 unspecified atom stereocenters. The molecule has 0 atom stereocenters. The lowest BCUT2D eigenvalue weighted by atomic mass is 10.3. The van der Waals surface area contributed by atoms with E-state index >= 15 is 0 Å². The molecule has 0 aliphatic heterocycles. The molecule has 0 bridgehead atoms. The highest BCUT2D eigenvalue weighted by atomic mass is 32.2. The average molecular weight is 407 g/mol. The predicted molar refractivity (Wildman–Crippen MR) is 107 cm³/mol. The van der Waals surface area contributed by atoms with Crippen molar-refractivity contribution in [2.24, 2.45) is 0 Å². The van der Waals surface area contributed by atoms with Gasteiger partial charge in [0.1, 0.15) is 10.8 Å². The lowest BCUT2D eigenvalue weighted by Gasteiger charge is -2.05. The first-order valence-electron chi connectivity index (χ1n) is 8.57. The van der Waals surface area contributed by atoms with Gasteiger partial charge in [-0.25, -0.2) is 9.37 Å². The molecule has 1 amide bonds. The van der Waals surface area contributed by atoms with Crippen LogP contribution in [0, 0.1) is 5.82 Å². The first-order valence-corrected chi connectivity index (χ1v) is 10.5. The molecule has 0 saturated heterocycles. The van der Waals surface area contributed by atoms with Gasteiger partial charge in [-0.1, -0.05) is 24.7 Å². The quantitative estimate of drug-likeness (QED) is 0.620. The number of halogens is 1. The van der Waals surface area contributed by atoms with Gasteiger partial charge in [0.2, 0.25) is 10.9 Å². The fraction of sp³-hybridized carbons (Fsp3) is 0.333. The van der Waals surface area contributed by atoms with Gasteiger partial charge < -0.3 is 5.32 Å². The SMILES string of the molecule is CCCCc1nn2c(=O)cc(CSCC(=O)Nc3ccc(F)cc3)nc2s1. The zero-order valence-corrected chi connectivity index (χ0v) is 16.4. The Morgan fingerprint density at radius 1 is 1.33 bits per heavy atom. The molecule has 27 heavy (non-hydrogen) atoms. The van der Waals surface area contributed by atoms with E-state index in [0.717, 1.165) is 24.3 Å². The maximum Gasteiger partial charge on any atom is 0.275 e. The van der Waals surface area contributed by atoms with E-state index in [2.05, 4.69) is 22.3 Å². The Bertz CT molecular complexity index is 985. The van der Waals surface area contributed by atoms with Crippen molar-refractivity contribution in [2.45, 2.75) is 31.9 Å². The van der Waals surface area contributed by atoms with Gasteiger partial charge in [-0.3, -0.25) is 9.59 Å². The third-order valence-electron chi connectivity index (χ3n) is 3.70. The molecular weight excluding hydrogens is 387 g/mol. The Hall–Kier alpha value is -2.26. The second kappa shape index (κ2) is 9.09. The number of carbonyl (C=O) groups excluding carboxylic acids is 1. The maximum atomic E-state index is 12.9. The molecule has 1 aromatic carbocycles. The number of thioether (sulfide) groups is 1. The summed E-state index contributed by atoms with van der Waals surface area (Å²) in [5.41, 5.74) is 0.972. The fourth-order valence-electron chi connectivity index (χ4n) is 2.38. The van der Waals surface area contributed by atoms with Crippen LogP contribution in [0.5, 0.6) is 0 Å². The minimum atomic E-state index is -0.351. The Kier molecular flexibility index (Phi) is 6.57. The third-order valence-corrected chi connectivity index (χ3v) is 5.63. The van der Waals surface area contributed by atoms with Crippen molar-refractivity contribution < 1.29 is 9.18 Å². The summed E-state index contributed by atoms with van der Waals surface area (Å²) in [4.78, 5) is 29.2. The number of nitrogens with zero attached hydrogens (tertiary/aromatic N) is 3. The van der Waals surface area contributed by atoms with E-state index in [1.165, 1.54) is 57.9 Å². The van der Waals surface area contributed by atoms with Crippen LogP contribution >= 0.6 is 23.1 Å². The molecule has 0 saturated carbocycles. The first kappa shape index (κ1) is 19.5. The normalized spacial score (nSPS) is 11.0. The summed E-state index contributed by atoms with van der Waals surface area (Å²) in [7, 11) is 0. The number of anilines is 1. The highest BCUT2D eigenvalue weighted by Crippen LogP contribution is 2.16. The van der Waals surface area contributed by atoms with Gasteiger partial charge in [0.25, 0.3) is 5.56 Å². The molecule has 142 valence electrons. The van der Waals surface area contributed by atoms with E-state index in [-0.39, 0.29) is 23.0 Å². The van der Waals surface area contributed by atoms with Gasteiger partial charge in [0, 0.05) is 23.9 Å². The van der Waals surface area contributed by atoms with E-state index in [0.29, 0.717) is 22.1 Å². The van der Waals surface area contributed by atoms with Crippen LogP contribution in [0.1, 0.15) is 30.5 Å². The number of nitrogens with one attached hydrogen (secondary N) is 1. The molecule has 0 aliphatic carbocycles. The molecule has 0 spiro atoms. The Morgan fingerprint density at radius 2 is 2.11 bits per heavy atom. The molecule has 0 fully saturated rings. The highest BCUT2D eigenvalue weighted by molar-refractivity contribution is 7.99. The van der Waals surface area contributed by atoms with Gasteiger partial charge in [-0.15, -0.1) is 11.8 Å². The first-order chi connectivity index (χ1) is 13.0. The molecule has 3 aromatic rings. The van der Waals surface area contributed by atoms with Crippen molar-refractivity contribution in [1.29, 1.82) is 0 Å². The van der Waals surface area contributed by atoms with Crippen molar-refractivity contribution in [1.82, 2.24) is 14.6 Å². The van der Waals surface area contributed by atoms with Crippen LogP contribution in [0.2, 0.25) is 0 Å². The summed E-state index contributed by atoms with van der Waals surface area (Å²) in [6.07, 6.45) is 2.94. The van der Waals surface area contributed by atoms with Crippen LogP contribution in [0.4, 0.5) is 10.1 Å². The van der Waals surface area contributed by atoms with Crippen LogP contribution in [-0.4, -0.2) is 26.3 Å². The molecule has 0 aliphatic rings. The van der Waals surface area contributed by atoms with Crippen LogP contribution in [0.25, 0.3) is 4.96 Å². The number of carbonyl (C=O) groups is 1. The molecule has 9 heteroatoms. The predicted octanol–water partition coefficient (Wildman–Crippen LogP) is 3.50. The van der Waals surface area contributed by atoms with Gasteiger partial charge in [-0.05, 0) is 30.7 Å². The van der Waals surface area contributed by atoms with Crippen molar-refractivity contribution in [3.63, 3.8) is 0 Å². The van der Waals surface area contributed by atoms with Crippen molar-refractivity contribution >= 4 is 39.7 Å². The topological polar surface area (TPSA) is 76.4 Å². The number of aryl methyl sites for hydroxylation is 1. The second-order valence-electron chi connectivity index (χ2n) is 5.93. The summed E-state index contributed by atoms with van der Waals surface area (Å²) >= 11 is 2.79. The number of hydrogen-bond donors (Lipinski definition) is 1. The Labute approximate surface area is 163 Å². The average Bonchev–Trinajstić information content (AvgIpc) is 3.05. The van der Waals surface area contributed by atoms with Crippen molar-refractivity contribution in [3.05, 3.63) is 57.2 Å². The van der Waals surface area contributed by atoms with Crippen LogP contribution in [-0.2, 0) is 17.0 Å². The van der Waals surface area contributed by atoms with E-state index in [1.54, 1.807) is 0 Å². The van der Waals surface area contributed by atoms with Gasteiger partial charge >= 0.3 is 0 Å². The summed E-state index contributed by atoms with van der Waals surface area (Å²) in [5.74, 6) is 0.119. The zero-order valence-electron chi connectivity index (χ0n) is 14.8. The number of benzene rings is 1. The van der Waals surface area contributed by atoms with Crippen LogP contribution in [0.15, 0.2) is 35.1 Å². The van der Waals surface area contributed by atoms with E-state index < -0.39 is 0 Å². The number of amides is 1. The Balaban J connectivity index is 1.57. The molecule has 0 radical (unpaired) electrons. The minimum absolute atomic E-state index is 0.191. The third kappa shape index (κ3) is 5.36. The lowest BCUT2D eigenvalue weighted by Crippen LogP contribution is -2.16. The smallest absolute Gasteiger partial charge is 0.275 e. The standard InChI is InChI=1S/C18H19FN4O2S2/c1-2-3-4-16-22-23-17(25)9-14(21-18(23)27-16)10-26-11-15(24)20-13-7-5-12(19)6-8-13/h5-9H,2-4,10-11H2,1H3,(H,20,24). The van der Waals surface area contributed by atoms with Gasteiger partial charge in [-0.2, -0.15) is 9.61 Å². The van der Waals surface area contributed by atoms with Crippen LogP contribution < -0.4 is 10.9 Å². The number of rotatable bonds is 8. The second-order valence-corrected chi connectivity index (χ2v) is 7.95. The van der Waals surface area contributed by atoms with Crippen LogP contribution in [0.3, 0.4) is 0 Å². The maximum absolute atomic E-state index is 12.9. The molecular formula is C18H19FN4O2S2. The number of hydrogen-bond acceptors (Lipinski definition) is 6. The molecule has 1 N–H and O–H groups in total. The minimum Gasteiger partial charge on any atom is -0.325 e. The van der Waals surface area contributed by atoms with Gasteiger partial charge in [0.15, 0.2) is 0 Å². The molecule has 2 heterocycles. The lowest BCUT2D eigenvalue weighted by molar-refractivity contribution is -0.113. The Morgan fingerprint density at radius 3 is 2.85 bits per heavy atom. The highest BCUT2D eigenvalue weighted by Gasteiger charge is 2.10. The summed E-state index contributed by atoms with van der Waals surface area (Å²) in [6.45, 7) is 2.11. The molecule has 3 rings (SSSR count). The number of unbranched alkanes of at least 4 members (excludes halogenated alkanes) is 1. The zero-order chi connectivity index (χ0) is 19.2. The summed E-state index contributed by atoms with van der Waals surface area (Å²) in [6, 6.07) is 7.06. The number of fused-ring (bicyclic) bond motifs is 1. The number of aromatic nitrogens is 3. The van der Waals surface area contributed by atoms with E-state index in [1.807, 2.05) is 0 Å². The summed E-state index contributed by atoms with van der Waals surface area (Å²) in [5, 5.41) is 7.92. The summed E-state index contributed by atoms with van der Waals surface area (Å²) < 4.78 is 14.2.